The van der Waals surface area contributed by atoms with Gasteiger partial charge in [0.2, 0.25) is 0 Å². The Morgan fingerprint density at radius 3 is 2.78 bits per heavy atom. The number of esters is 1. The van der Waals surface area contributed by atoms with Gasteiger partial charge in [0.05, 0.1) is 6.10 Å². The van der Waals surface area contributed by atoms with E-state index >= 15 is 0 Å². The summed E-state index contributed by atoms with van der Waals surface area (Å²) in [6.07, 6.45) is 6.29. The number of ketones is 1. The van der Waals surface area contributed by atoms with Crippen LogP contribution in [0.2, 0.25) is 0 Å². The smallest absolute Gasteiger partial charge is 0.387 e. The molecule has 8 atom stereocenters. The lowest BCUT2D eigenvalue weighted by Crippen LogP contribution is -2.57. The highest BCUT2D eigenvalue weighted by Gasteiger charge is 2.61. The summed E-state index contributed by atoms with van der Waals surface area (Å²) < 4.78 is 5.50. The highest BCUT2D eigenvalue weighted by Crippen LogP contribution is 2.65. The zero-order valence-electron chi connectivity index (χ0n) is 16.4. The lowest BCUT2D eigenvalue weighted by atomic mass is 9.45. The van der Waals surface area contributed by atoms with Crippen molar-refractivity contribution < 1.29 is 19.4 Å². The maximum Gasteiger partial charge on any atom is 0.387 e. The summed E-state index contributed by atoms with van der Waals surface area (Å²) in [5.41, 5.74) is -0.0851. The Balaban J connectivity index is 1.56. The summed E-state index contributed by atoms with van der Waals surface area (Å²) in [5.74, 6) is 1.99. The van der Waals surface area contributed by atoms with Gasteiger partial charge in [-0.15, -0.1) is 0 Å². The van der Waals surface area contributed by atoms with Crippen LogP contribution < -0.4 is 0 Å². The number of hydrogen-bond donors (Lipinski definition) is 1. The van der Waals surface area contributed by atoms with Crippen molar-refractivity contribution in [3.63, 3.8) is 0 Å². The van der Waals surface area contributed by atoms with Crippen LogP contribution in [-0.4, -0.2) is 35.6 Å². The lowest BCUT2D eigenvalue weighted by molar-refractivity contribution is -0.182. The highest BCUT2D eigenvalue weighted by atomic mass is 16.6. The first-order valence-electron chi connectivity index (χ1n) is 10.5. The number of fused-ring (bicyclic) bond motifs is 5. The van der Waals surface area contributed by atoms with E-state index in [0.717, 1.165) is 38.5 Å². The van der Waals surface area contributed by atoms with Gasteiger partial charge in [0.1, 0.15) is 11.9 Å². The van der Waals surface area contributed by atoms with Gasteiger partial charge in [-0.25, -0.2) is 11.4 Å². The monoisotopic (exact) mass is 373 g/mol. The molecule has 0 radical (unpaired) electrons. The van der Waals surface area contributed by atoms with E-state index in [-0.39, 0.29) is 17.4 Å². The molecule has 4 aliphatic carbocycles. The van der Waals surface area contributed by atoms with Crippen LogP contribution in [0, 0.1) is 41.1 Å². The molecule has 4 rings (SSSR count). The molecule has 1 N–H and O–H groups in total. The molecular weight excluding hydrogens is 342 g/mol. The number of aliphatic hydroxyl groups is 1. The van der Waals surface area contributed by atoms with Crippen LogP contribution in [0.1, 0.15) is 65.2 Å². The van der Waals surface area contributed by atoms with E-state index in [2.05, 4.69) is 18.7 Å². The van der Waals surface area contributed by atoms with Gasteiger partial charge in [0, 0.05) is 11.8 Å². The number of aliphatic hydroxyl groups excluding tert-OH is 1. The number of rotatable bonds is 2. The van der Waals surface area contributed by atoms with Gasteiger partial charge in [-0.3, -0.25) is 4.79 Å². The van der Waals surface area contributed by atoms with Gasteiger partial charge in [0.25, 0.3) is 0 Å². The summed E-state index contributed by atoms with van der Waals surface area (Å²) in [6, 6.07) is 0. The molecule has 4 aliphatic rings. The Morgan fingerprint density at radius 1 is 1.26 bits per heavy atom. The molecule has 4 fully saturated rings. The Bertz CT molecular complexity index is 684. The summed E-state index contributed by atoms with van der Waals surface area (Å²) in [4.78, 5) is 27.5. The Labute approximate surface area is 161 Å². The minimum absolute atomic E-state index is 0.0398. The van der Waals surface area contributed by atoms with Gasteiger partial charge in [-0.05, 0) is 74.0 Å². The third-order valence-corrected chi connectivity index (χ3v) is 8.86. The number of hydrogen-bond acceptors (Lipinski definition) is 4. The molecule has 5 heteroatoms. The van der Waals surface area contributed by atoms with Crippen molar-refractivity contribution in [2.75, 3.05) is 6.54 Å². The molecule has 5 nitrogen and oxygen atoms in total. The third kappa shape index (κ3) is 2.83. The van der Waals surface area contributed by atoms with Crippen molar-refractivity contribution in [2.24, 2.45) is 34.5 Å². The first kappa shape index (κ1) is 18.9. The normalized spacial score (nSPS) is 48.7. The second kappa shape index (κ2) is 6.58. The molecule has 0 unspecified atom stereocenters. The van der Waals surface area contributed by atoms with Crippen LogP contribution in [0.25, 0.3) is 4.85 Å². The van der Waals surface area contributed by atoms with Crippen molar-refractivity contribution in [1.29, 1.82) is 0 Å². The number of ether oxygens (including phenoxy) is 1. The second-order valence-electron chi connectivity index (χ2n) is 9.93. The van der Waals surface area contributed by atoms with E-state index in [9.17, 15) is 14.7 Å². The van der Waals surface area contributed by atoms with Gasteiger partial charge >= 0.3 is 12.5 Å². The molecule has 27 heavy (non-hydrogen) atoms. The molecule has 148 valence electrons. The van der Waals surface area contributed by atoms with Crippen LogP contribution in [0.3, 0.4) is 0 Å². The lowest BCUT2D eigenvalue weighted by Gasteiger charge is -2.60. The van der Waals surface area contributed by atoms with E-state index in [1.54, 1.807) is 0 Å². The summed E-state index contributed by atoms with van der Waals surface area (Å²) in [7, 11) is 0. The molecule has 0 aliphatic heterocycles. The molecule has 0 saturated heterocycles. The molecule has 0 spiro atoms. The minimum atomic E-state index is -0.628. The maximum atomic E-state index is 12.5. The summed E-state index contributed by atoms with van der Waals surface area (Å²) >= 11 is 0. The highest BCUT2D eigenvalue weighted by molar-refractivity contribution is 5.87. The topological polar surface area (TPSA) is 68.0 Å². The van der Waals surface area contributed by atoms with Gasteiger partial charge in [-0.2, -0.15) is 0 Å². The van der Waals surface area contributed by atoms with Crippen LogP contribution in [-0.2, 0) is 14.3 Å². The largest absolute Gasteiger partial charge is 0.454 e. The zero-order valence-corrected chi connectivity index (χ0v) is 16.4. The fraction of sp³-hybridized carbons (Fsp3) is 0.864. The molecule has 0 bridgehead atoms. The second-order valence-corrected chi connectivity index (χ2v) is 9.93. The molecule has 0 aromatic rings. The van der Waals surface area contributed by atoms with Crippen molar-refractivity contribution in [1.82, 2.24) is 0 Å². The first-order valence-corrected chi connectivity index (χ1v) is 10.5. The van der Waals surface area contributed by atoms with Crippen molar-refractivity contribution >= 4 is 11.8 Å². The zero-order chi connectivity index (χ0) is 19.4. The number of carbonyl (C=O) groups excluding carboxylic acids is 2. The average molecular weight is 373 g/mol. The number of carbonyl (C=O) groups is 2. The van der Waals surface area contributed by atoms with Crippen molar-refractivity contribution in [2.45, 2.75) is 77.4 Å². The Kier molecular flexibility index (Phi) is 4.62. The third-order valence-electron chi connectivity index (χ3n) is 8.86. The number of nitrogens with zero attached hydrogens (tertiary/aromatic N) is 1. The SMILES string of the molecule is [C-]#[N+]CC(=O)O[C@H]1C[C@@]2(C)[C@@H](CC[C@@H]3[C@@H]2CC[C@]2(C)C(=O)CC[C@@H]32)C[C@@H]1O. The molecular formula is C22H31NO4. The van der Waals surface area contributed by atoms with E-state index < -0.39 is 18.2 Å². The summed E-state index contributed by atoms with van der Waals surface area (Å²) in [6.45, 7) is 11.1. The fourth-order valence-electron chi connectivity index (χ4n) is 7.41. The van der Waals surface area contributed by atoms with Gasteiger partial charge in [-0.1, -0.05) is 13.8 Å². The predicted molar refractivity (Wildman–Crippen MR) is 99.5 cm³/mol. The molecule has 0 aromatic heterocycles. The van der Waals surface area contributed by atoms with E-state index in [1.165, 1.54) is 0 Å². The van der Waals surface area contributed by atoms with Crippen LogP contribution in [0.5, 0.6) is 0 Å². The first-order chi connectivity index (χ1) is 12.8. The van der Waals surface area contributed by atoms with E-state index in [4.69, 9.17) is 11.3 Å². The number of Topliss-reactive ketones (excluding diaryl/α,β-unsaturated/α-hetero) is 1. The van der Waals surface area contributed by atoms with Crippen LogP contribution >= 0.6 is 0 Å². The van der Waals surface area contributed by atoms with E-state index in [0.29, 0.717) is 42.3 Å². The Morgan fingerprint density at radius 2 is 2.04 bits per heavy atom. The van der Waals surface area contributed by atoms with Crippen molar-refractivity contribution in [3.05, 3.63) is 11.4 Å². The maximum absolute atomic E-state index is 12.5. The molecule has 0 amide bonds. The molecule has 0 heterocycles. The molecule has 4 saturated carbocycles. The van der Waals surface area contributed by atoms with Gasteiger partial charge in [0.15, 0.2) is 0 Å². The average Bonchev–Trinajstić information content (AvgIpc) is 2.92. The van der Waals surface area contributed by atoms with E-state index in [1.807, 2.05) is 0 Å². The fourth-order valence-corrected chi connectivity index (χ4v) is 7.41. The van der Waals surface area contributed by atoms with Gasteiger partial charge < -0.3 is 14.7 Å². The van der Waals surface area contributed by atoms with Crippen molar-refractivity contribution in [3.8, 4) is 0 Å². The quantitative estimate of drug-likeness (QED) is 0.595. The minimum Gasteiger partial charge on any atom is -0.454 e. The molecule has 0 aromatic carbocycles. The predicted octanol–water partition coefficient (Wildman–Crippen LogP) is 3.40. The van der Waals surface area contributed by atoms with Crippen LogP contribution in [0.15, 0.2) is 0 Å². The summed E-state index contributed by atoms with van der Waals surface area (Å²) in [5, 5.41) is 10.6. The Hall–Kier alpha value is -1.41. The standard InChI is InChI=1S/C22H31NO4/c1-21-9-8-16-14(15(21)6-7-19(21)25)5-4-13-10-17(24)18(11-22(13,16)2)27-20(26)12-23-3/h13-18,24H,4-12H2,1-2H3/t13-,14-,15-,16-,17-,18-,21-,22-/m0/s1. The van der Waals surface area contributed by atoms with Crippen LogP contribution in [0.4, 0.5) is 0 Å².